The Morgan fingerprint density at radius 2 is 2.15 bits per heavy atom. The Morgan fingerprint density at radius 3 is 2.77 bits per heavy atom. The summed E-state index contributed by atoms with van der Waals surface area (Å²) in [6, 6.07) is 5.89. The molecule has 0 saturated heterocycles. The van der Waals surface area contributed by atoms with Gasteiger partial charge in [0.15, 0.2) is 0 Å². The molecule has 13 heavy (non-hydrogen) atoms. The van der Waals surface area contributed by atoms with Crippen molar-refractivity contribution in [3.8, 4) is 0 Å². The predicted molar refractivity (Wildman–Crippen MR) is 54.1 cm³/mol. The molecule has 4 N–H and O–H groups in total. The van der Waals surface area contributed by atoms with Crippen molar-refractivity contribution in [2.24, 2.45) is 11.5 Å². The smallest absolute Gasteiger partial charge is 0.0570 e. The lowest BCUT2D eigenvalue weighted by atomic mass is 10.1. The molecular weight excluding hydrogens is 162 g/mol. The minimum absolute atomic E-state index is 0.0627. The van der Waals surface area contributed by atoms with Crippen molar-refractivity contribution in [2.75, 3.05) is 6.54 Å². The van der Waals surface area contributed by atoms with Crippen molar-refractivity contribution in [2.45, 2.75) is 25.3 Å². The van der Waals surface area contributed by atoms with Crippen LogP contribution in [0.15, 0.2) is 24.4 Å². The predicted octanol–water partition coefficient (Wildman–Crippen LogP) is 1.21. The summed E-state index contributed by atoms with van der Waals surface area (Å²) < 4.78 is 0. The van der Waals surface area contributed by atoms with Crippen LogP contribution >= 0.6 is 0 Å². The van der Waals surface area contributed by atoms with Gasteiger partial charge in [0.05, 0.1) is 5.69 Å². The van der Waals surface area contributed by atoms with Gasteiger partial charge in [0.25, 0.3) is 0 Å². The fourth-order valence-electron chi connectivity index (χ4n) is 1.25. The highest BCUT2D eigenvalue weighted by atomic mass is 14.8. The summed E-state index contributed by atoms with van der Waals surface area (Å²) >= 11 is 0. The minimum atomic E-state index is 0.0627. The molecular formula is C10H17N3. The summed E-state index contributed by atoms with van der Waals surface area (Å²) in [5, 5.41) is 0. The van der Waals surface area contributed by atoms with Crippen LogP contribution in [0.25, 0.3) is 0 Å². The lowest BCUT2D eigenvalue weighted by Crippen LogP contribution is -2.12. The largest absolute Gasteiger partial charge is 0.330 e. The van der Waals surface area contributed by atoms with Crippen LogP contribution in [0.2, 0.25) is 0 Å². The summed E-state index contributed by atoms with van der Waals surface area (Å²) in [5.74, 6) is 0. The Kier molecular flexibility index (Phi) is 4.43. The molecule has 1 heterocycles. The number of rotatable bonds is 5. The zero-order chi connectivity index (χ0) is 9.52. The van der Waals surface area contributed by atoms with Gasteiger partial charge in [0.1, 0.15) is 0 Å². The van der Waals surface area contributed by atoms with E-state index in [1.54, 1.807) is 6.20 Å². The average molecular weight is 179 g/mol. The molecule has 0 bridgehead atoms. The number of hydrogen-bond acceptors (Lipinski definition) is 3. The Hall–Kier alpha value is -0.930. The van der Waals surface area contributed by atoms with E-state index in [1.807, 2.05) is 18.2 Å². The van der Waals surface area contributed by atoms with E-state index in [0.717, 1.165) is 31.5 Å². The third-order valence-electron chi connectivity index (χ3n) is 2.04. The zero-order valence-electron chi connectivity index (χ0n) is 7.82. The van der Waals surface area contributed by atoms with E-state index in [0.29, 0.717) is 0 Å². The third kappa shape index (κ3) is 3.53. The van der Waals surface area contributed by atoms with Crippen LogP contribution in [0.3, 0.4) is 0 Å². The number of unbranched alkanes of at least 4 members (excludes halogenated alkanes) is 1. The zero-order valence-corrected chi connectivity index (χ0v) is 7.82. The van der Waals surface area contributed by atoms with Crippen LogP contribution in [0.1, 0.15) is 31.0 Å². The summed E-state index contributed by atoms with van der Waals surface area (Å²) in [6.07, 6.45) is 4.86. The summed E-state index contributed by atoms with van der Waals surface area (Å²) in [6.45, 7) is 0.745. The quantitative estimate of drug-likeness (QED) is 0.668. The minimum Gasteiger partial charge on any atom is -0.330 e. The Bertz CT molecular complexity index is 223. The molecule has 0 fully saturated rings. The first-order valence-corrected chi connectivity index (χ1v) is 4.71. The van der Waals surface area contributed by atoms with Crippen LogP contribution in [0.4, 0.5) is 0 Å². The number of nitrogens with two attached hydrogens (primary N) is 2. The van der Waals surface area contributed by atoms with Gasteiger partial charge in [-0.15, -0.1) is 0 Å². The lowest BCUT2D eigenvalue weighted by molar-refractivity contribution is 0.579. The van der Waals surface area contributed by atoms with Gasteiger partial charge in [-0.25, -0.2) is 0 Å². The summed E-state index contributed by atoms with van der Waals surface area (Å²) in [7, 11) is 0. The van der Waals surface area contributed by atoms with E-state index < -0.39 is 0 Å². The van der Waals surface area contributed by atoms with E-state index in [-0.39, 0.29) is 6.04 Å². The second-order valence-electron chi connectivity index (χ2n) is 3.15. The second-order valence-corrected chi connectivity index (χ2v) is 3.15. The van der Waals surface area contributed by atoms with Crippen molar-refractivity contribution in [1.29, 1.82) is 0 Å². The maximum absolute atomic E-state index is 5.93. The van der Waals surface area contributed by atoms with E-state index >= 15 is 0 Å². The SMILES string of the molecule is NCCCCC(N)c1ccccn1. The lowest BCUT2D eigenvalue weighted by Gasteiger charge is -2.09. The number of nitrogens with zero attached hydrogens (tertiary/aromatic N) is 1. The number of aromatic nitrogens is 1. The van der Waals surface area contributed by atoms with Gasteiger partial charge in [-0.3, -0.25) is 4.98 Å². The first-order valence-electron chi connectivity index (χ1n) is 4.71. The van der Waals surface area contributed by atoms with Crippen LogP contribution in [-0.2, 0) is 0 Å². The fraction of sp³-hybridized carbons (Fsp3) is 0.500. The van der Waals surface area contributed by atoms with Crippen LogP contribution in [-0.4, -0.2) is 11.5 Å². The molecule has 3 heteroatoms. The van der Waals surface area contributed by atoms with Crippen molar-refractivity contribution in [1.82, 2.24) is 4.98 Å². The first kappa shape index (κ1) is 10.2. The standard InChI is InChI=1S/C10H17N3/c11-7-3-1-5-9(12)10-6-2-4-8-13-10/h2,4,6,8-9H,1,3,5,7,11-12H2. The molecule has 0 aliphatic heterocycles. The topological polar surface area (TPSA) is 64.9 Å². The molecule has 0 amide bonds. The molecule has 1 aromatic rings. The van der Waals surface area contributed by atoms with Gasteiger partial charge in [0.2, 0.25) is 0 Å². The second kappa shape index (κ2) is 5.67. The van der Waals surface area contributed by atoms with Gasteiger partial charge in [-0.05, 0) is 31.5 Å². The maximum atomic E-state index is 5.93. The Labute approximate surface area is 79.2 Å². The summed E-state index contributed by atoms with van der Waals surface area (Å²) in [4.78, 5) is 4.20. The molecule has 1 rings (SSSR count). The van der Waals surface area contributed by atoms with E-state index in [9.17, 15) is 0 Å². The van der Waals surface area contributed by atoms with Gasteiger partial charge in [-0.1, -0.05) is 12.5 Å². The van der Waals surface area contributed by atoms with Gasteiger partial charge < -0.3 is 11.5 Å². The van der Waals surface area contributed by atoms with Crippen LogP contribution < -0.4 is 11.5 Å². The van der Waals surface area contributed by atoms with Crippen molar-refractivity contribution >= 4 is 0 Å². The molecule has 3 nitrogen and oxygen atoms in total. The molecule has 1 unspecified atom stereocenters. The number of pyridine rings is 1. The third-order valence-corrected chi connectivity index (χ3v) is 2.04. The molecule has 0 aliphatic carbocycles. The average Bonchev–Trinajstić information content (AvgIpc) is 2.19. The highest BCUT2D eigenvalue weighted by molar-refractivity contribution is 5.07. The van der Waals surface area contributed by atoms with Crippen molar-refractivity contribution in [3.05, 3.63) is 30.1 Å². The molecule has 1 atom stereocenters. The molecule has 0 aromatic carbocycles. The first-order chi connectivity index (χ1) is 6.34. The molecule has 1 aromatic heterocycles. The molecule has 0 spiro atoms. The number of hydrogen-bond donors (Lipinski definition) is 2. The molecule has 72 valence electrons. The van der Waals surface area contributed by atoms with E-state index in [2.05, 4.69) is 4.98 Å². The Balaban J connectivity index is 2.35. The normalized spacial score (nSPS) is 12.8. The van der Waals surface area contributed by atoms with E-state index in [4.69, 9.17) is 11.5 Å². The van der Waals surface area contributed by atoms with Crippen molar-refractivity contribution < 1.29 is 0 Å². The van der Waals surface area contributed by atoms with Gasteiger partial charge >= 0.3 is 0 Å². The van der Waals surface area contributed by atoms with Crippen LogP contribution in [0, 0.1) is 0 Å². The van der Waals surface area contributed by atoms with Crippen molar-refractivity contribution in [3.63, 3.8) is 0 Å². The van der Waals surface area contributed by atoms with Gasteiger partial charge in [0, 0.05) is 12.2 Å². The van der Waals surface area contributed by atoms with E-state index in [1.165, 1.54) is 0 Å². The maximum Gasteiger partial charge on any atom is 0.0570 e. The Morgan fingerprint density at radius 1 is 1.31 bits per heavy atom. The highest BCUT2D eigenvalue weighted by Gasteiger charge is 2.04. The fourth-order valence-corrected chi connectivity index (χ4v) is 1.25. The van der Waals surface area contributed by atoms with Crippen LogP contribution in [0.5, 0.6) is 0 Å². The molecule has 0 saturated carbocycles. The monoisotopic (exact) mass is 179 g/mol. The molecule has 0 radical (unpaired) electrons. The summed E-state index contributed by atoms with van der Waals surface area (Å²) in [5.41, 5.74) is 12.3. The molecule has 0 aliphatic rings. The van der Waals surface area contributed by atoms with Gasteiger partial charge in [-0.2, -0.15) is 0 Å². The highest BCUT2D eigenvalue weighted by Crippen LogP contribution is 2.13.